The van der Waals surface area contributed by atoms with Gasteiger partial charge in [0.25, 0.3) is 0 Å². The minimum absolute atomic E-state index is 0.146. The number of hydrogen-bond donors (Lipinski definition) is 2. The highest BCUT2D eigenvalue weighted by atomic mass is 32.2. The minimum Gasteiger partial charge on any atom is -0.391 e. The largest absolute Gasteiger partial charge is 0.391 e. The molecule has 2 fully saturated rings. The second-order valence-corrected chi connectivity index (χ2v) is 7.99. The molecule has 0 bridgehead atoms. The van der Waals surface area contributed by atoms with E-state index in [2.05, 4.69) is 10.2 Å². The lowest BCUT2D eigenvalue weighted by Crippen LogP contribution is -2.49. The van der Waals surface area contributed by atoms with E-state index in [-0.39, 0.29) is 11.8 Å². The number of nitrogens with zero attached hydrogens (tertiary/aromatic N) is 2. The molecule has 2 rings (SSSR count). The van der Waals surface area contributed by atoms with Crippen LogP contribution >= 0.6 is 0 Å². The molecule has 1 aliphatic heterocycles. The Bertz CT molecular complexity index is 396. The van der Waals surface area contributed by atoms with Gasteiger partial charge < -0.3 is 10.4 Å². The van der Waals surface area contributed by atoms with E-state index in [1.54, 1.807) is 7.05 Å². The lowest BCUT2D eigenvalue weighted by atomic mass is 9.93. The van der Waals surface area contributed by atoms with Gasteiger partial charge in [-0.15, -0.1) is 0 Å². The number of rotatable bonds is 5. The van der Waals surface area contributed by atoms with Crippen LogP contribution in [0, 0.1) is 0 Å². The standard InChI is InChI=1S/C13H27N3O3S/c1-15(12-4-2-3-5-13(12)17)20(18,19)11-10-16-8-6-14-7-9-16/h12-14,17H,2-11H2,1H3. The van der Waals surface area contributed by atoms with Gasteiger partial charge in [-0.25, -0.2) is 8.42 Å². The lowest BCUT2D eigenvalue weighted by Gasteiger charge is -2.35. The summed E-state index contributed by atoms with van der Waals surface area (Å²) in [6.45, 7) is 4.25. The van der Waals surface area contributed by atoms with E-state index in [1.165, 1.54) is 4.31 Å². The van der Waals surface area contributed by atoms with Gasteiger partial charge in [-0.3, -0.25) is 4.90 Å². The Hall–Kier alpha value is -0.210. The SMILES string of the molecule is CN(C1CCCCC1O)S(=O)(=O)CCN1CCNCC1. The highest BCUT2D eigenvalue weighted by molar-refractivity contribution is 7.89. The molecule has 0 aromatic carbocycles. The molecule has 2 N–H and O–H groups in total. The van der Waals surface area contributed by atoms with Crippen LogP contribution in [-0.2, 0) is 10.0 Å². The van der Waals surface area contributed by atoms with E-state index in [0.717, 1.165) is 45.4 Å². The fourth-order valence-corrected chi connectivity index (χ4v) is 4.48. The van der Waals surface area contributed by atoms with Gasteiger partial charge in [-0.1, -0.05) is 12.8 Å². The molecule has 20 heavy (non-hydrogen) atoms. The zero-order valence-electron chi connectivity index (χ0n) is 12.3. The van der Waals surface area contributed by atoms with Crippen molar-refractivity contribution in [3.05, 3.63) is 0 Å². The Labute approximate surface area is 122 Å². The molecular weight excluding hydrogens is 278 g/mol. The smallest absolute Gasteiger partial charge is 0.215 e. The molecule has 2 aliphatic rings. The fraction of sp³-hybridized carbons (Fsp3) is 1.00. The third kappa shape index (κ3) is 4.14. The highest BCUT2D eigenvalue weighted by Crippen LogP contribution is 2.24. The number of piperazine rings is 1. The first-order valence-corrected chi connectivity index (χ1v) is 9.18. The van der Waals surface area contributed by atoms with Crippen molar-refractivity contribution >= 4 is 10.0 Å². The summed E-state index contributed by atoms with van der Waals surface area (Å²) >= 11 is 0. The predicted molar refractivity (Wildman–Crippen MR) is 79.1 cm³/mol. The van der Waals surface area contributed by atoms with Crippen LogP contribution in [0.5, 0.6) is 0 Å². The van der Waals surface area contributed by atoms with Crippen LogP contribution in [0.3, 0.4) is 0 Å². The first-order chi connectivity index (χ1) is 9.50. The maximum absolute atomic E-state index is 12.4. The summed E-state index contributed by atoms with van der Waals surface area (Å²) in [5.41, 5.74) is 0. The molecule has 0 amide bonds. The van der Waals surface area contributed by atoms with Crippen molar-refractivity contribution in [1.29, 1.82) is 0 Å². The first kappa shape index (κ1) is 16.2. The summed E-state index contributed by atoms with van der Waals surface area (Å²) in [5, 5.41) is 13.3. The average Bonchev–Trinajstić information content (AvgIpc) is 2.46. The average molecular weight is 305 g/mol. The third-order valence-electron chi connectivity index (χ3n) is 4.47. The Balaban J connectivity index is 1.87. The van der Waals surface area contributed by atoms with Crippen LogP contribution in [0.25, 0.3) is 0 Å². The molecule has 1 aliphatic carbocycles. The van der Waals surface area contributed by atoms with Crippen molar-refractivity contribution in [3.63, 3.8) is 0 Å². The molecule has 2 atom stereocenters. The molecule has 0 radical (unpaired) electrons. The van der Waals surface area contributed by atoms with E-state index in [1.807, 2.05) is 0 Å². The first-order valence-electron chi connectivity index (χ1n) is 7.57. The Morgan fingerprint density at radius 2 is 1.90 bits per heavy atom. The number of sulfonamides is 1. The second-order valence-electron chi connectivity index (χ2n) is 5.84. The van der Waals surface area contributed by atoms with Gasteiger partial charge in [0.05, 0.1) is 17.9 Å². The van der Waals surface area contributed by atoms with Crippen molar-refractivity contribution in [1.82, 2.24) is 14.5 Å². The van der Waals surface area contributed by atoms with Crippen molar-refractivity contribution in [2.45, 2.75) is 37.8 Å². The van der Waals surface area contributed by atoms with E-state index < -0.39 is 16.1 Å². The van der Waals surface area contributed by atoms with Gasteiger partial charge in [-0.05, 0) is 12.8 Å². The number of likely N-dealkylation sites (N-methyl/N-ethyl adjacent to an activating group) is 1. The zero-order chi connectivity index (χ0) is 14.6. The normalized spacial score (nSPS) is 29.8. The Kier molecular flexibility index (Phi) is 5.80. The van der Waals surface area contributed by atoms with Gasteiger partial charge in [0.2, 0.25) is 10.0 Å². The van der Waals surface area contributed by atoms with Gasteiger partial charge in [-0.2, -0.15) is 4.31 Å². The number of aliphatic hydroxyl groups excluding tert-OH is 1. The summed E-state index contributed by atoms with van der Waals surface area (Å²) in [5.74, 6) is 0.146. The van der Waals surface area contributed by atoms with E-state index in [0.29, 0.717) is 13.0 Å². The summed E-state index contributed by atoms with van der Waals surface area (Å²) in [6.07, 6.45) is 2.96. The van der Waals surface area contributed by atoms with E-state index in [9.17, 15) is 13.5 Å². The van der Waals surface area contributed by atoms with Crippen LogP contribution in [0.4, 0.5) is 0 Å². The second kappa shape index (κ2) is 7.17. The summed E-state index contributed by atoms with van der Waals surface area (Å²) in [7, 11) is -1.66. The van der Waals surface area contributed by atoms with Crippen LogP contribution in [0.15, 0.2) is 0 Å². The molecule has 0 spiro atoms. The van der Waals surface area contributed by atoms with Gasteiger partial charge in [0, 0.05) is 39.8 Å². The Morgan fingerprint density at radius 1 is 1.25 bits per heavy atom. The molecule has 7 heteroatoms. The van der Waals surface area contributed by atoms with Crippen LogP contribution < -0.4 is 5.32 Å². The summed E-state index contributed by atoms with van der Waals surface area (Å²) in [4.78, 5) is 2.18. The number of aliphatic hydroxyl groups is 1. The molecule has 118 valence electrons. The lowest BCUT2D eigenvalue weighted by molar-refractivity contribution is 0.0637. The molecule has 1 heterocycles. The van der Waals surface area contributed by atoms with Crippen LogP contribution in [-0.4, -0.2) is 80.4 Å². The van der Waals surface area contributed by atoms with Crippen molar-refractivity contribution in [2.75, 3.05) is 45.5 Å². The molecule has 1 saturated carbocycles. The monoisotopic (exact) mass is 305 g/mol. The maximum atomic E-state index is 12.4. The Morgan fingerprint density at radius 3 is 2.55 bits per heavy atom. The van der Waals surface area contributed by atoms with Crippen molar-refractivity contribution < 1.29 is 13.5 Å². The topological polar surface area (TPSA) is 72.9 Å². The number of nitrogens with one attached hydrogen (secondary N) is 1. The summed E-state index contributed by atoms with van der Waals surface area (Å²) in [6, 6.07) is -0.239. The van der Waals surface area contributed by atoms with Crippen molar-refractivity contribution in [2.24, 2.45) is 0 Å². The molecule has 0 aromatic heterocycles. The summed E-state index contributed by atoms with van der Waals surface area (Å²) < 4.78 is 26.2. The zero-order valence-corrected chi connectivity index (χ0v) is 13.1. The quantitative estimate of drug-likeness (QED) is 0.713. The van der Waals surface area contributed by atoms with Gasteiger partial charge in [0.1, 0.15) is 0 Å². The molecule has 2 unspecified atom stereocenters. The van der Waals surface area contributed by atoms with Crippen LogP contribution in [0.2, 0.25) is 0 Å². The highest BCUT2D eigenvalue weighted by Gasteiger charge is 2.33. The third-order valence-corrected chi connectivity index (χ3v) is 6.32. The molecule has 0 aromatic rings. The molecule has 1 saturated heterocycles. The number of hydrogen-bond acceptors (Lipinski definition) is 5. The minimum atomic E-state index is -3.28. The van der Waals surface area contributed by atoms with Gasteiger partial charge in [0.15, 0.2) is 0 Å². The maximum Gasteiger partial charge on any atom is 0.215 e. The fourth-order valence-electron chi connectivity index (χ4n) is 3.05. The van der Waals surface area contributed by atoms with Crippen molar-refractivity contribution in [3.8, 4) is 0 Å². The van der Waals surface area contributed by atoms with E-state index in [4.69, 9.17) is 0 Å². The van der Waals surface area contributed by atoms with Crippen LogP contribution in [0.1, 0.15) is 25.7 Å². The molecular formula is C13H27N3O3S. The van der Waals surface area contributed by atoms with Gasteiger partial charge >= 0.3 is 0 Å². The predicted octanol–water partition coefficient (Wildman–Crippen LogP) is -0.543. The van der Waals surface area contributed by atoms with E-state index >= 15 is 0 Å². The molecule has 6 nitrogen and oxygen atoms in total.